The highest BCUT2D eigenvalue weighted by Gasteiger charge is 2.19. The monoisotopic (exact) mass is 390 g/mol. The fraction of sp³-hybridized carbons (Fsp3) is 0. The molecular weight excluding hydrogens is 372 g/mol. The predicted octanol–water partition coefficient (Wildman–Crippen LogP) is 5.34. The van der Waals surface area contributed by atoms with E-state index in [1.165, 1.54) is 0 Å². The van der Waals surface area contributed by atoms with Crippen molar-refractivity contribution < 1.29 is 4.79 Å². The van der Waals surface area contributed by atoms with E-state index < -0.39 is 0 Å². The van der Waals surface area contributed by atoms with Crippen LogP contribution in [0.2, 0.25) is 0 Å². The zero-order valence-corrected chi connectivity index (χ0v) is 16.1. The number of nitrogens with zero attached hydrogens (tertiary/aromatic N) is 3. The van der Waals surface area contributed by atoms with Crippen LogP contribution in [0.3, 0.4) is 0 Å². The number of hydrogen-bond acceptors (Lipinski definition) is 3. The largest absolute Gasteiger partial charge is 0.319 e. The summed E-state index contributed by atoms with van der Waals surface area (Å²) in [4.78, 5) is 17.6. The van der Waals surface area contributed by atoms with Crippen molar-refractivity contribution in [3.63, 3.8) is 0 Å². The van der Waals surface area contributed by atoms with Crippen LogP contribution in [-0.2, 0) is 0 Å². The zero-order chi connectivity index (χ0) is 20.3. The molecule has 5 nitrogen and oxygen atoms in total. The molecule has 5 heteroatoms. The number of para-hydroxylation sites is 1. The molecule has 0 saturated carbocycles. The quantitative estimate of drug-likeness (QED) is 0.451. The number of rotatable bonds is 4. The number of nitrogens with one attached hydrogen (secondary N) is 1. The standard InChI is InChI=1S/C25H18N4O/c30-25(26-22-17-9-13-18-10-7-8-16-21(18)22)23-27-24(19-11-3-1-4-12-19)29(28-23)20-14-5-2-6-15-20/h1-17H,(H,26,30). The Morgan fingerprint density at radius 1 is 0.733 bits per heavy atom. The van der Waals surface area contributed by atoms with Crippen LogP contribution in [0, 0.1) is 0 Å². The van der Waals surface area contributed by atoms with Gasteiger partial charge in [0, 0.05) is 16.6 Å². The van der Waals surface area contributed by atoms with E-state index in [1.54, 1.807) is 4.68 Å². The second-order valence-electron chi connectivity index (χ2n) is 6.85. The van der Waals surface area contributed by atoms with Crippen molar-refractivity contribution in [3.8, 4) is 17.1 Å². The average Bonchev–Trinajstić information content (AvgIpc) is 3.26. The molecule has 5 aromatic rings. The lowest BCUT2D eigenvalue weighted by Gasteiger charge is -2.07. The van der Waals surface area contributed by atoms with E-state index in [4.69, 9.17) is 0 Å². The minimum absolute atomic E-state index is 0.116. The van der Waals surface area contributed by atoms with Gasteiger partial charge in [-0.25, -0.2) is 9.67 Å². The molecule has 0 aliphatic carbocycles. The lowest BCUT2D eigenvalue weighted by atomic mass is 10.1. The van der Waals surface area contributed by atoms with Gasteiger partial charge in [-0.2, -0.15) is 0 Å². The summed E-state index contributed by atoms with van der Waals surface area (Å²) < 4.78 is 1.70. The highest BCUT2D eigenvalue weighted by Crippen LogP contribution is 2.24. The van der Waals surface area contributed by atoms with E-state index in [0.717, 1.165) is 27.7 Å². The van der Waals surface area contributed by atoms with Gasteiger partial charge in [-0.1, -0.05) is 84.9 Å². The Balaban J connectivity index is 1.56. The second kappa shape index (κ2) is 7.64. The van der Waals surface area contributed by atoms with Gasteiger partial charge in [0.05, 0.1) is 5.69 Å². The number of carbonyl (C=O) groups is 1. The number of amides is 1. The number of hydrogen-bond donors (Lipinski definition) is 1. The molecule has 0 bridgehead atoms. The van der Waals surface area contributed by atoms with E-state index in [0.29, 0.717) is 5.82 Å². The van der Waals surface area contributed by atoms with Gasteiger partial charge in [-0.15, -0.1) is 5.10 Å². The molecule has 0 spiro atoms. The van der Waals surface area contributed by atoms with Crippen molar-refractivity contribution in [2.45, 2.75) is 0 Å². The van der Waals surface area contributed by atoms with Gasteiger partial charge in [-0.05, 0) is 23.6 Å². The van der Waals surface area contributed by atoms with E-state index in [9.17, 15) is 4.79 Å². The fourth-order valence-corrected chi connectivity index (χ4v) is 3.44. The highest BCUT2D eigenvalue weighted by atomic mass is 16.2. The first-order valence-corrected chi connectivity index (χ1v) is 9.66. The van der Waals surface area contributed by atoms with Crippen LogP contribution in [0.5, 0.6) is 0 Å². The molecular formula is C25H18N4O. The first-order chi connectivity index (χ1) is 14.8. The summed E-state index contributed by atoms with van der Waals surface area (Å²) in [5, 5.41) is 9.52. The third-order valence-corrected chi connectivity index (χ3v) is 4.88. The lowest BCUT2D eigenvalue weighted by Crippen LogP contribution is -2.14. The summed E-state index contributed by atoms with van der Waals surface area (Å²) in [6, 6.07) is 33.2. The maximum absolute atomic E-state index is 13.0. The third kappa shape index (κ3) is 3.33. The third-order valence-electron chi connectivity index (χ3n) is 4.88. The lowest BCUT2D eigenvalue weighted by molar-refractivity contribution is 0.101. The molecule has 5 rings (SSSR count). The first-order valence-electron chi connectivity index (χ1n) is 9.66. The molecule has 1 heterocycles. The maximum atomic E-state index is 13.0. The molecule has 0 atom stereocenters. The van der Waals surface area contributed by atoms with Gasteiger partial charge in [0.1, 0.15) is 0 Å². The Labute approximate surface area is 173 Å². The van der Waals surface area contributed by atoms with Gasteiger partial charge in [0.25, 0.3) is 5.91 Å². The Morgan fingerprint density at radius 2 is 1.40 bits per heavy atom. The van der Waals surface area contributed by atoms with E-state index >= 15 is 0 Å². The summed E-state index contributed by atoms with van der Waals surface area (Å²) >= 11 is 0. The van der Waals surface area contributed by atoms with E-state index in [-0.39, 0.29) is 11.7 Å². The molecule has 0 aliphatic heterocycles. The molecule has 0 saturated heterocycles. The molecule has 1 amide bonds. The minimum Gasteiger partial charge on any atom is -0.319 e. The summed E-state index contributed by atoms with van der Waals surface area (Å²) in [5.74, 6) is 0.383. The summed E-state index contributed by atoms with van der Waals surface area (Å²) in [6.45, 7) is 0. The van der Waals surface area contributed by atoms with Crippen molar-refractivity contribution >= 4 is 22.4 Å². The maximum Gasteiger partial charge on any atom is 0.295 e. The molecule has 1 N–H and O–H groups in total. The van der Waals surface area contributed by atoms with Gasteiger partial charge in [-0.3, -0.25) is 4.79 Å². The van der Waals surface area contributed by atoms with Crippen LogP contribution < -0.4 is 5.32 Å². The van der Waals surface area contributed by atoms with Crippen molar-refractivity contribution in [2.75, 3.05) is 5.32 Å². The molecule has 4 aromatic carbocycles. The van der Waals surface area contributed by atoms with E-state index in [1.807, 2.05) is 103 Å². The molecule has 0 fully saturated rings. The fourth-order valence-electron chi connectivity index (χ4n) is 3.44. The normalized spacial score (nSPS) is 10.8. The topological polar surface area (TPSA) is 59.8 Å². The number of fused-ring (bicyclic) bond motifs is 1. The summed E-state index contributed by atoms with van der Waals surface area (Å²) in [7, 11) is 0. The van der Waals surface area contributed by atoms with Gasteiger partial charge >= 0.3 is 0 Å². The minimum atomic E-state index is -0.349. The van der Waals surface area contributed by atoms with Crippen LogP contribution in [0.1, 0.15) is 10.6 Å². The number of carbonyl (C=O) groups excluding carboxylic acids is 1. The number of anilines is 1. The zero-order valence-electron chi connectivity index (χ0n) is 16.1. The average molecular weight is 390 g/mol. The van der Waals surface area contributed by atoms with E-state index in [2.05, 4.69) is 15.4 Å². The Kier molecular flexibility index (Phi) is 4.54. The van der Waals surface area contributed by atoms with Gasteiger partial charge in [0.2, 0.25) is 5.82 Å². The highest BCUT2D eigenvalue weighted by molar-refractivity contribution is 6.07. The molecule has 144 valence electrons. The molecule has 30 heavy (non-hydrogen) atoms. The predicted molar refractivity (Wildman–Crippen MR) is 119 cm³/mol. The summed E-state index contributed by atoms with van der Waals surface area (Å²) in [6.07, 6.45) is 0. The van der Waals surface area contributed by atoms with Crippen molar-refractivity contribution in [1.82, 2.24) is 14.8 Å². The summed E-state index contributed by atoms with van der Waals surface area (Å²) in [5.41, 5.74) is 2.46. The Bertz CT molecular complexity index is 1270. The van der Waals surface area contributed by atoms with Crippen molar-refractivity contribution in [3.05, 3.63) is 109 Å². The SMILES string of the molecule is O=C(Nc1cccc2ccccc12)c1nc(-c2ccccc2)n(-c2ccccc2)n1. The molecule has 1 aromatic heterocycles. The van der Waals surface area contributed by atoms with Crippen LogP contribution in [0.4, 0.5) is 5.69 Å². The molecule has 0 aliphatic rings. The van der Waals surface area contributed by atoms with Crippen LogP contribution in [0.15, 0.2) is 103 Å². The van der Waals surface area contributed by atoms with Crippen LogP contribution >= 0.6 is 0 Å². The first kappa shape index (κ1) is 17.8. The molecule has 0 unspecified atom stereocenters. The van der Waals surface area contributed by atoms with Crippen LogP contribution in [0.25, 0.3) is 27.8 Å². The second-order valence-corrected chi connectivity index (χ2v) is 6.85. The Morgan fingerprint density at radius 3 is 2.20 bits per heavy atom. The van der Waals surface area contributed by atoms with Gasteiger partial charge < -0.3 is 5.32 Å². The molecule has 0 radical (unpaired) electrons. The number of benzene rings is 4. The van der Waals surface area contributed by atoms with Crippen molar-refractivity contribution in [2.24, 2.45) is 0 Å². The number of aromatic nitrogens is 3. The van der Waals surface area contributed by atoms with Gasteiger partial charge in [0.15, 0.2) is 5.82 Å². The smallest absolute Gasteiger partial charge is 0.295 e. The Hall–Kier alpha value is -4.25. The van der Waals surface area contributed by atoms with Crippen molar-refractivity contribution in [1.29, 1.82) is 0 Å². The van der Waals surface area contributed by atoms with Crippen LogP contribution in [-0.4, -0.2) is 20.7 Å².